The Bertz CT molecular complexity index is 1170. The topological polar surface area (TPSA) is 41.4 Å². The van der Waals surface area contributed by atoms with E-state index >= 15 is 4.39 Å². The summed E-state index contributed by atoms with van der Waals surface area (Å²) < 4.78 is 16.8. The Labute approximate surface area is 188 Å². The van der Waals surface area contributed by atoms with E-state index < -0.39 is 5.41 Å². The second-order valence-corrected chi connectivity index (χ2v) is 9.58. The number of para-hydroxylation sites is 1. The van der Waals surface area contributed by atoms with Crippen LogP contribution < -0.4 is 4.90 Å². The summed E-state index contributed by atoms with van der Waals surface area (Å²) in [6, 6.07) is 13.3. The quantitative estimate of drug-likeness (QED) is 0.601. The number of carbonyl (C=O) groups excluding carboxylic acids is 1. The van der Waals surface area contributed by atoms with Gasteiger partial charge in [-0.25, -0.2) is 4.39 Å². The zero-order chi connectivity index (χ0) is 22.5. The lowest BCUT2D eigenvalue weighted by atomic mass is 9.81. The van der Waals surface area contributed by atoms with Gasteiger partial charge in [-0.3, -0.25) is 9.48 Å². The average molecular weight is 433 g/mol. The number of amides is 1. The normalized spacial score (nSPS) is 20.7. The number of carbonyl (C=O) groups is 1. The molecule has 3 aromatic rings. The van der Waals surface area contributed by atoms with Crippen molar-refractivity contribution in [1.82, 2.24) is 14.7 Å². The van der Waals surface area contributed by atoms with E-state index in [1.165, 1.54) is 6.07 Å². The van der Waals surface area contributed by atoms with Crippen LogP contribution in [0.3, 0.4) is 0 Å². The third-order valence-electron chi connectivity index (χ3n) is 6.76. The first-order valence-electron chi connectivity index (χ1n) is 11.3. The van der Waals surface area contributed by atoms with Gasteiger partial charge in [0.15, 0.2) is 0 Å². The van der Waals surface area contributed by atoms with Crippen LogP contribution in [0.15, 0.2) is 54.9 Å². The lowest BCUT2D eigenvalue weighted by Gasteiger charge is -2.25. The van der Waals surface area contributed by atoms with Crippen molar-refractivity contribution >= 4 is 11.6 Å². The summed E-state index contributed by atoms with van der Waals surface area (Å²) in [5.74, 6) is 0.353. The molecule has 0 bridgehead atoms. The number of anilines is 1. The molecule has 0 aliphatic carbocycles. The standard InChI is InChI=1S/C26H29FN4O/c1-18(2)14-30-11-10-26(17-30)22-6-4-5-7-24(22)31(25(26)32)16-20-9-8-19(12-23(20)27)21-13-28-29(3)15-21/h4-9,12-13,15,18H,10-11,14,16-17H2,1-3H3. The van der Waals surface area contributed by atoms with Crippen LogP contribution in [0.4, 0.5) is 10.1 Å². The first-order valence-corrected chi connectivity index (χ1v) is 11.3. The Morgan fingerprint density at radius 1 is 1.16 bits per heavy atom. The van der Waals surface area contributed by atoms with Gasteiger partial charge in [0, 0.05) is 43.1 Å². The van der Waals surface area contributed by atoms with Crippen LogP contribution in [0.5, 0.6) is 0 Å². The number of likely N-dealkylation sites (tertiary alicyclic amines) is 1. The van der Waals surface area contributed by atoms with Gasteiger partial charge in [-0.2, -0.15) is 5.10 Å². The van der Waals surface area contributed by atoms with Gasteiger partial charge in [-0.1, -0.05) is 44.2 Å². The third kappa shape index (κ3) is 3.43. The summed E-state index contributed by atoms with van der Waals surface area (Å²) in [4.78, 5) is 18.0. The van der Waals surface area contributed by atoms with E-state index in [0.29, 0.717) is 11.5 Å². The van der Waals surface area contributed by atoms with Gasteiger partial charge < -0.3 is 9.80 Å². The molecule has 0 radical (unpaired) electrons. The Hall–Kier alpha value is -2.99. The molecule has 0 saturated carbocycles. The molecule has 1 saturated heterocycles. The van der Waals surface area contributed by atoms with Crippen LogP contribution >= 0.6 is 0 Å². The highest BCUT2D eigenvalue weighted by Gasteiger charge is 2.54. The van der Waals surface area contributed by atoms with Crippen LogP contribution in [0.25, 0.3) is 11.1 Å². The van der Waals surface area contributed by atoms with Crippen molar-refractivity contribution in [2.24, 2.45) is 13.0 Å². The number of benzene rings is 2. The lowest BCUT2D eigenvalue weighted by molar-refractivity contribution is -0.123. The number of fused-ring (bicyclic) bond motifs is 2. The largest absolute Gasteiger partial charge is 0.307 e. The smallest absolute Gasteiger partial charge is 0.239 e. The van der Waals surface area contributed by atoms with E-state index in [1.54, 1.807) is 21.8 Å². The van der Waals surface area contributed by atoms with Crippen molar-refractivity contribution in [3.63, 3.8) is 0 Å². The molecule has 2 aliphatic rings. The molecular weight excluding hydrogens is 403 g/mol. The molecule has 1 fully saturated rings. The Kier molecular flexibility index (Phi) is 5.13. The first-order chi connectivity index (χ1) is 15.4. The van der Waals surface area contributed by atoms with Gasteiger partial charge in [0.05, 0.1) is 18.2 Å². The third-order valence-corrected chi connectivity index (χ3v) is 6.76. The number of hydrogen-bond donors (Lipinski definition) is 0. The lowest BCUT2D eigenvalue weighted by Crippen LogP contribution is -2.42. The molecule has 1 unspecified atom stereocenters. The van der Waals surface area contributed by atoms with E-state index in [2.05, 4.69) is 29.9 Å². The SMILES string of the molecule is CC(C)CN1CCC2(C1)C(=O)N(Cc1ccc(-c3cnn(C)c3)cc1F)c1ccccc12. The highest BCUT2D eigenvalue weighted by atomic mass is 19.1. The molecule has 2 aromatic carbocycles. The minimum atomic E-state index is -0.516. The van der Waals surface area contributed by atoms with Gasteiger partial charge in [0.2, 0.25) is 5.91 Å². The number of hydrogen-bond acceptors (Lipinski definition) is 3. The second kappa shape index (κ2) is 7.85. The maximum Gasteiger partial charge on any atom is 0.239 e. The molecular formula is C26H29FN4O. The average Bonchev–Trinajstić information content (AvgIpc) is 3.44. The monoisotopic (exact) mass is 432 g/mol. The van der Waals surface area contributed by atoms with Crippen LogP contribution in [-0.4, -0.2) is 40.2 Å². The molecule has 6 heteroatoms. The maximum absolute atomic E-state index is 15.1. The summed E-state index contributed by atoms with van der Waals surface area (Å²) >= 11 is 0. The Morgan fingerprint density at radius 2 is 1.97 bits per heavy atom. The van der Waals surface area contributed by atoms with Gasteiger partial charge in [-0.15, -0.1) is 0 Å². The number of halogens is 1. The molecule has 5 rings (SSSR count). The van der Waals surface area contributed by atoms with Crippen LogP contribution in [0.1, 0.15) is 31.4 Å². The highest BCUT2D eigenvalue weighted by molar-refractivity contribution is 6.08. The van der Waals surface area contributed by atoms with Gasteiger partial charge in [0.25, 0.3) is 0 Å². The molecule has 1 atom stereocenters. The van der Waals surface area contributed by atoms with Gasteiger partial charge >= 0.3 is 0 Å². The molecule has 1 spiro atoms. The fourth-order valence-corrected chi connectivity index (χ4v) is 5.30. The van der Waals surface area contributed by atoms with Crippen molar-refractivity contribution in [2.45, 2.75) is 32.2 Å². The predicted octanol–water partition coefficient (Wildman–Crippen LogP) is 4.37. The molecule has 1 aromatic heterocycles. The fraction of sp³-hybridized carbons (Fsp3) is 0.385. The summed E-state index contributed by atoms with van der Waals surface area (Å²) in [6.45, 7) is 7.29. The number of aryl methyl sites for hydroxylation is 1. The Morgan fingerprint density at radius 3 is 2.69 bits per heavy atom. The molecule has 0 N–H and O–H groups in total. The summed E-state index contributed by atoms with van der Waals surface area (Å²) in [5, 5.41) is 4.17. The summed E-state index contributed by atoms with van der Waals surface area (Å²) in [7, 11) is 1.84. The van der Waals surface area contributed by atoms with Gasteiger partial charge in [-0.05, 0) is 42.1 Å². The van der Waals surface area contributed by atoms with Gasteiger partial charge in [0.1, 0.15) is 5.82 Å². The second-order valence-electron chi connectivity index (χ2n) is 9.58. The van der Waals surface area contributed by atoms with E-state index in [1.807, 2.05) is 37.5 Å². The molecule has 5 nitrogen and oxygen atoms in total. The zero-order valence-electron chi connectivity index (χ0n) is 18.9. The van der Waals surface area contributed by atoms with Crippen molar-refractivity contribution < 1.29 is 9.18 Å². The zero-order valence-corrected chi connectivity index (χ0v) is 18.9. The minimum Gasteiger partial charge on any atom is -0.307 e. The Balaban J connectivity index is 1.44. The fourth-order valence-electron chi connectivity index (χ4n) is 5.30. The van der Waals surface area contributed by atoms with E-state index in [9.17, 15) is 4.79 Å². The van der Waals surface area contributed by atoms with Crippen LogP contribution in [-0.2, 0) is 23.8 Å². The van der Waals surface area contributed by atoms with Crippen molar-refractivity contribution in [3.05, 3.63) is 71.8 Å². The number of aromatic nitrogens is 2. The van der Waals surface area contributed by atoms with Crippen LogP contribution in [0, 0.1) is 11.7 Å². The first kappa shape index (κ1) is 20.9. The number of rotatable bonds is 5. The summed E-state index contributed by atoms with van der Waals surface area (Å²) in [5.41, 5.74) is 3.66. The summed E-state index contributed by atoms with van der Waals surface area (Å²) in [6.07, 6.45) is 4.40. The molecule has 32 heavy (non-hydrogen) atoms. The van der Waals surface area contributed by atoms with E-state index in [0.717, 1.165) is 48.4 Å². The van der Waals surface area contributed by atoms with Crippen molar-refractivity contribution in [2.75, 3.05) is 24.5 Å². The van der Waals surface area contributed by atoms with Crippen molar-refractivity contribution in [3.8, 4) is 11.1 Å². The predicted molar refractivity (Wildman–Crippen MR) is 124 cm³/mol. The number of nitrogens with zero attached hydrogens (tertiary/aromatic N) is 4. The molecule has 1 amide bonds. The maximum atomic E-state index is 15.1. The molecule has 3 heterocycles. The van der Waals surface area contributed by atoms with E-state index in [-0.39, 0.29) is 18.3 Å². The molecule has 166 valence electrons. The molecule has 2 aliphatic heterocycles. The highest BCUT2D eigenvalue weighted by Crippen LogP contribution is 2.48. The van der Waals surface area contributed by atoms with Crippen molar-refractivity contribution in [1.29, 1.82) is 0 Å². The minimum absolute atomic E-state index is 0.0979. The van der Waals surface area contributed by atoms with E-state index in [4.69, 9.17) is 0 Å². The van der Waals surface area contributed by atoms with Crippen LogP contribution in [0.2, 0.25) is 0 Å².